The van der Waals surface area contributed by atoms with E-state index in [2.05, 4.69) is 24.1 Å². The van der Waals surface area contributed by atoms with Crippen LogP contribution >= 0.6 is 0 Å². The van der Waals surface area contributed by atoms with Crippen molar-refractivity contribution in [2.24, 2.45) is 5.92 Å². The quantitative estimate of drug-likeness (QED) is 0.631. The Morgan fingerprint density at radius 3 is 2.32 bits per heavy atom. The van der Waals surface area contributed by atoms with E-state index in [1.807, 2.05) is 13.8 Å². The van der Waals surface area contributed by atoms with Gasteiger partial charge in [0.25, 0.3) is 0 Å². The summed E-state index contributed by atoms with van der Waals surface area (Å²) in [4.78, 5) is 13.7. The highest BCUT2D eigenvalue weighted by atomic mass is 16.5. The van der Waals surface area contributed by atoms with Gasteiger partial charge >= 0.3 is 5.97 Å². The first kappa shape index (κ1) is 18.4. The third kappa shape index (κ3) is 7.50. The molecule has 0 aliphatic rings. The first-order valence-electron chi connectivity index (χ1n) is 6.93. The van der Waals surface area contributed by atoms with E-state index in [0.29, 0.717) is 19.1 Å². The van der Waals surface area contributed by atoms with E-state index in [1.165, 1.54) is 0 Å². The monoisotopic (exact) mass is 274 g/mol. The molecule has 0 heterocycles. The molecule has 0 bridgehead atoms. The first-order valence-corrected chi connectivity index (χ1v) is 6.93. The van der Waals surface area contributed by atoms with Crippen LogP contribution in [0.2, 0.25) is 0 Å². The summed E-state index contributed by atoms with van der Waals surface area (Å²) < 4.78 is 5.10. The average molecular weight is 274 g/mol. The molecule has 5 nitrogen and oxygen atoms in total. The van der Waals surface area contributed by atoms with Gasteiger partial charge in [-0.05, 0) is 26.7 Å². The van der Waals surface area contributed by atoms with Crippen molar-refractivity contribution in [3.63, 3.8) is 0 Å². The van der Waals surface area contributed by atoms with Crippen LogP contribution in [-0.4, -0.2) is 60.9 Å². The number of nitrogens with zero attached hydrogens (tertiary/aromatic N) is 1. The summed E-state index contributed by atoms with van der Waals surface area (Å²) in [5.74, 6) is -0.318. The van der Waals surface area contributed by atoms with E-state index < -0.39 is 11.5 Å². The number of hydrogen-bond acceptors (Lipinski definition) is 4. The molecular formula is C14H30N2O3. The molecule has 19 heavy (non-hydrogen) atoms. The number of carboxylic acid groups (broad SMARTS) is 1. The van der Waals surface area contributed by atoms with E-state index >= 15 is 0 Å². The van der Waals surface area contributed by atoms with Crippen LogP contribution in [-0.2, 0) is 9.53 Å². The smallest absolute Gasteiger partial charge is 0.324 e. The molecule has 0 saturated carbocycles. The second kappa shape index (κ2) is 8.51. The summed E-state index contributed by atoms with van der Waals surface area (Å²) in [6.45, 7) is 12.6. The molecular weight excluding hydrogens is 244 g/mol. The van der Waals surface area contributed by atoms with Gasteiger partial charge in [0, 0.05) is 32.8 Å². The van der Waals surface area contributed by atoms with Gasteiger partial charge in [-0.2, -0.15) is 0 Å². The van der Waals surface area contributed by atoms with Crippen molar-refractivity contribution in [2.45, 2.75) is 46.2 Å². The fourth-order valence-corrected chi connectivity index (χ4v) is 2.23. The highest BCUT2D eigenvalue weighted by Gasteiger charge is 2.35. The molecule has 0 aromatic rings. The van der Waals surface area contributed by atoms with Gasteiger partial charge in [0.15, 0.2) is 0 Å². The molecule has 0 saturated heterocycles. The van der Waals surface area contributed by atoms with Crippen LogP contribution in [0.25, 0.3) is 0 Å². The number of carboxylic acids is 1. The molecule has 5 heteroatoms. The fraction of sp³-hybridized carbons (Fsp3) is 0.929. The van der Waals surface area contributed by atoms with Crippen molar-refractivity contribution >= 4 is 5.97 Å². The minimum absolute atomic E-state index is 0.129. The molecule has 0 aliphatic carbocycles. The molecule has 114 valence electrons. The summed E-state index contributed by atoms with van der Waals surface area (Å²) in [7, 11) is 1.66. The zero-order valence-electron chi connectivity index (χ0n) is 13.2. The first-order chi connectivity index (χ1) is 8.71. The maximum absolute atomic E-state index is 11.5. The van der Waals surface area contributed by atoms with Crippen LogP contribution < -0.4 is 5.32 Å². The van der Waals surface area contributed by atoms with Crippen molar-refractivity contribution in [2.75, 3.05) is 33.4 Å². The predicted molar refractivity (Wildman–Crippen MR) is 77.5 cm³/mol. The van der Waals surface area contributed by atoms with Crippen molar-refractivity contribution in [3.8, 4) is 0 Å². The van der Waals surface area contributed by atoms with Gasteiger partial charge in [-0.1, -0.05) is 13.8 Å². The van der Waals surface area contributed by atoms with Gasteiger partial charge in [-0.15, -0.1) is 0 Å². The van der Waals surface area contributed by atoms with E-state index in [0.717, 1.165) is 13.1 Å². The SMILES string of the molecule is COCCN(CC(C)C)CC(C)(NC(C)C)C(=O)O. The van der Waals surface area contributed by atoms with Crippen LogP contribution in [0.3, 0.4) is 0 Å². The zero-order valence-corrected chi connectivity index (χ0v) is 13.2. The second-order valence-corrected chi connectivity index (χ2v) is 6.06. The number of nitrogens with one attached hydrogen (secondary N) is 1. The number of ether oxygens (including phenoxy) is 1. The second-order valence-electron chi connectivity index (χ2n) is 6.06. The van der Waals surface area contributed by atoms with E-state index in [1.54, 1.807) is 14.0 Å². The lowest BCUT2D eigenvalue weighted by Gasteiger charge is -2.35. The van der Waals surface area contributed by atoms with Crippen molar-refractivity contribution in [1.29, 1.82) is 0 Å². The summed E-state index contributed by atoms with van der Waals surface area (Å²) in [6, 6.07) is 0.129. The summed E-state index contributed by atoms with van der Waals surface area (Å²) >= 11 is 0. The summed E-state index contributed by atoms with van der Waals surface area (Å²) in [5, 5.41) is 12.6. The lowest BCUT2D eigenvalue weighted by Crippen LogP contribution is -2.59. The highest BCUT2D eigenvalue weighted by molar-refractivity contribution is 5.78. The van der Waals surface area contributed by atoms with Crippen LogP contribution in [0.5, 0.6) is 0 Å². The van der Waals surface area contributed by atoms with Gasteiger partial charge in [-0.25, -0.2) is 0 Å². The van der Waals surface area contributed by atoms with E-state index in [4.69, 9.17) is 4.74 Å². The molecule has 1 unspecified atom stereocenters. The number of hydrogen-bond donors (Lipinski definition) is 2. The Hall–Kier alpha value is -0.650. The van der Waals surface area contributed by atoms with Crippen LogP contribution in [0.1, 0.15) is 34.6 Å². The Morgan fingerprint density at radius 1 is 1.37 bits per heavy atom. The molecule has 0 spiro atoms. The minimum Gasteiger partial charge on any atom is -0.480 e. The zero-order chi connectivity index (χ0) is 15.1. The maximum Gasteiger partial charge on any atom is 0.324 e. The molecule has 0 rings (SSSR count). The van der Waals surface area contributed by atoms with Gasteiger partial charge in [0.1, 0.15) is 5.54 Å². The minimum atomic E-state index is -0.934. The number of rotatable bonds is 10. The molecule has 0 aliphatic heterocycles. The normalized spacial score (nSPS) is 15.2. The molecule has 0 aromatic carbocycles. The Balaban J connectivity index is 4.76. The molecule has 0 radical (unpaired) electrons. The standard InChI is InChI=1S/C14H30N2O3/c1-11(2)9-16(7-8-19-6)10-14(5,13(17)18)15-12(3)4/h11-12,15H,7-10H2,1-6H3,(H,17,18). The third-order valence-electron chi connectivity index (χ3n) is 2.85. The van der Waals surface area contributed by atoms with Crippen LogP contribution in [0.15, 0.2) is 0 Å². The molecule has 1 atom stereocenters. The maximum atomic E-state index is 11.5. The molecule has 0 aromatic heterocycles. The van der Waals surface area contributed by atoms with Gasteiger partial charge in [-0.3, -0.25) is 15.0 Å². The molecule has 2 N–H and O–H groups in total. The highest BCUT2D eigenvalue weighted by Crippen LogP contribution is 2.11. The summed E-state index contributed by atoms with van der Waals surface area (Å²) in [6.07, 6.45) is 0. The Bertz CT molecular complexity index is 269. The average Bonchev–Trinajstić information content (AvgIpc) is 2.23. The number of carbonyl (C=O) groups is 1. The lowest BCUT2D eigenvalue weighted by atomic mass is 10.00. The molecule has 0 amide bonds. The fourth-order valence-electron chi connectivity index (χ4n) is 2.23. The topological polar surface area (TPSA) is 61.8 Å². The van der Waals surface area contributed by atoms with Crippen molar-refractivity contribution in [1.82, 2.24) is 10.2 Å². The van der Waals surface area contributed by atoms with Gasteiger partial charge in [0.05, 0.1) is 6.61 Å². The Labute approximate surface area is 117 Å². The predicted octanol–water partition coefficient (Wildman–Crippen LogP) is 1.43. The Morgan fingerprint density at radius 2 is 1.95 bits per heavy atom. The largest absolute Gasteiger partial charge is 0.480 e. The number of methoxy groups -OCH3 is 1. The third-order valence-corrected chi connectivity index (χ3v) is 2.85. The lowest BCUT2D eigenvalue weighted by molar-refractivity contribution is -0.145. The van der Waals surface area contributed by atoms with Crippen LogP contribution in [0.4, 0.5) is 0 Å². The summed E-state index contributed by atoms with van der Waals surface area (Å²) in [5.41, 5.74) is -0.934. The molecule has 0 fully saturated rings. The van der Waals surface area contributed by atoms with Crippen molar-refractivity contribution in [3.05, 3.63) is 0 Å². The number of aliphatic carboxylic acids is 1. The van der Waals surface area contributed by atoms with E-state index in [9.17, 15) is 9.90 Å². The van der Waals surface area contributed by atoms with Gasteiger partial charge in [0.2, 0.25) is 0 Å². The Kier molecular flexibility index (Phi) is 8.22. The van der Waals surface area contributed by atoms with Crippen LogP contribution in [0, 0.1) is 5.92 Å². The van der Waals surface area contributed by atoms with E-state index in [-0.39, 0.29) is 6.04 Å². The van der Waals surface area contributed by atoms with Gasteiger partial charge < -0.3 is 9.84 Å². The van der Waals surface area contributed by atoms with Crippen molar-refractivity contribution < 1.29 is 14.6 Å².